The van der Waals surface area contributed by atoms with Crippen LogP contribution in [0.15, 0.2) is 18.2 Å². The average Bonchev–Trinajstić information content (AvgIpc) is 2.20. The predicted molar refractivity (Wildman–Crippen MR) is 55.3 cm³/mol. The van der Waals surface area contributed by atoms with E-state index in [1.165, 1.54) is 6.07 Å². The standard InChI is InChI=1S/C10H14N2O3/c11-5-7-3-6(1-2-9(7)13)4-8(12)10(14)15/h1-3,8,13H,4-5,11-12H2,(H,14,15). The zero-order valence-electron chi connectivity index (χ0n) is 8.18. The number of phenols is 1. The van der Waals surface area contributed by atoms with Crippen LogP contribution in [0, 0.1) is 0 Å². The summed E-state index contributed by atoms with van der Waals surface area (Å²) in [4.78, 5) is 10.5. The number of hydrogen-bond donors (Lipinski definition) is 4. The first-order valence-electron chi connectivity index (χ1n) is 4.53. The Morgan fingerprint density at radius 3 is 2.67 bits per heavy atom. The summed E-state index contributed by atoms with van der Waals surface area (Å²) in [7, 11) is 0. The van der Waals surface area contributed by atoms with Gasteiger partial charge in [-0.3, -0.25) is 4.79 Å². The Hall–Kier alpha value is -1.59. The second-order valence-corrected chi connectivity index (χ2v) is 3.32. The van der Waals surface area contributed by atoms with Gasteiger partial charge in [0.25, 0.3) is 0 Å². The second kappa shape index (κ2) is 4.77. The molecule has 0 bridgehead atoms. The normalized spacial score (nSPS) is 12.4. The van der Waals surface area contributed by atoms with Crippen molar-refractivity contribution in [3.8, 4) is 5.75 Å². The van der Waals surface area contributed by atoms with E-state index in [0.29, 0.717) is 5.56 Å². The van der Waals surface area contributed by atoms with Gasteiger partial charge in [-0.25, -0.2) is 0 Å². The predicted octanol–water partition coefficient (Wildman–Crippen LogP) is -0.195. The van der Waals surface area contributed by atoms with Gasteiger partial charge in [0.05, 0.1) is 0 Å². The molecule has 0 saturated heterocycles. The van der Waals surface area contributed by atoms with Gasteiger partial charge in [0, 0.05) is 12.1 Å². The third kappa shape index (κ3) is 2.93. The number of aromatic hydroxyl groups is 1. The quantitative estimate of drug-likeness (QED) is 0.550. The Balaban J connectivity index is 2.83. The van der Waals surface area contributed by atoms with Gasteiger partial charge in [0.2, 0.25) is 0 Å². The van der Waals surface area contributed by atoms with Crippen molar-refractivity contribution in [1.82, 2.24) is 0 Å². The summed E-state index contributed by atoms with van der Waals surface area (Å²) in [5.74, 6) is -0.928. The molecule has 1 aromatic rings. The molecule has 1 atom stereocenters. The van der Waals surface area contributed by atoms with Crippen molar-refractivity contribution < 1.29 is 15.0 Å². The number of carbonyl (C=O) groups is 1. The van der Waals surface area contributed by atoms with Gasteiger partial charge < -0.3 is 21.7 Å². The summed E-state index contributed by atoms with van der Waals surface area (Å²) in [6.45, 7) is 0.210. The largest absolute Gasteiger partial charge is 0.508 e. The van der Waals surface area contributed by atoms with Crippen LogP contribution >= 0.6 is 0 Å². The van der Waals surface area contributed by atoms with Crippen molar-refractivity contribution in [2.24, 2.45) is 11.5 Å². The highest BCUT2D eigenvalue weighted by Gasteiger charge is 2.12. The minimum atomic E-state index is -1.04. The lowest BCUT2D eigenvalue weighted by molar-refractivity contribution is -0.138. The number of benzene rings is 1. The van der Waals surface area contributed by atoms with E-state index >= 15 is 0 Å². The number of aliphatic carboxylic acids is 1. The van der Waals surface area contributed by atoms with E-state index in [2.05, 4.69) is 0 Å². The number of rotatable bonds is 4. The minimum Gasteiger partial charge on any atom is -0.508 e. The zero-order chi connectivity index (χ0) is 11.4. The topological polar surface area (TPSA) is 110 Å². The molecule has 0 amide bonds. The molecule has 5 heteroatoms. The number of nitrogens with two attached hydrogens (primary N) is 2. The van der Waals surface area contributed by atoms with Crippen molar-refractivity contribution >= 4 is 5.97 Å². The lowest BCUT2D eigenvalue weighted by atomic mass is 10.0. The van der Waals surface area contributed by atoms with Crippen molar-refractivity contribution in [1.29, 1.82) is 0 Å². The molecule has 0 aliphatic rings. The smallest absolute Gasteiger partial charge is 0.320 e. The lowest BCUT2D eigenvalue weighted by Gasteiger charge is -2.08. The van der Waals surface area contributed by atoms with Gasteiger partial charge >= 0.3 is 5.97 Å². The molecular formula is C10H14N2O3. The molecule has 82 valence electrons. The van der Waals surface area contributed by atoms with Crippen LogP contribution in [0.2, 0.25) is 0 Å². The summed E-state index contributed by atoms with van der Waals surface area (Å²) in [5.41, 5.74) is 12.1. The number of phenolic OH excluding ortho intramolecular Hbond substituents is 1. The number of carboxylic acids is 1. The highest BCUT2D eigenvalue weighted by Crippen LogP contribution is 2.18. The average molecular weight is 210 g/mol. The molecule has 1 rings (SSSR count). The first kappa shape index (κ1) is 11.5. The molecule has 5 nitrogen and oxygen atoms in total. The maximum atomic E-state index is 10.5. The summed E-state index contributed by atoms with van der Waals surface area (Å²) < 4.78 is 0. The minimum absolute atomic E-state index is 0.116. The summed E-state index contributed by atoms with van der Waals surface area (Å²) in [6, 6.07) is 3.86. The highest BCUT2D eigenvalue weighted by atomic mass is 16.4. The van der Waals surface area contributed by atoms with Gasteiger partial charge in [0.15, 0.2) is 0 Å². The summed E-state index contributed by atoms with van der Waals surface area (Å²) >= 11 is 0. The third-order valence-corrected chi connectivity index (χ3v) is 2.14. The first-order valence-corrected chi connectivity index (χ1v) is 4.53. The van der Waals surface area contributed by atoms with E-state index in [1.807, 2.05) is 0 Å². The first-order chi connectivity index (χ1) is 7.04. The Morgan fingerprint density at radius 1 is 1.47 bits per heavy atom. The molecule has 0 aliphatic heterocycles. The Labute approximate surface area is 87.3 Å². The molecule has 1 unspecified atom stereocenters. The fourth-order valence-electron chi connectivity index (χ4n) is 1.27. The van der Waals surface area contributed by atoms with E-state index < -0.39 is 12.0 Å². The van der Waals surface area contributed by atoms with E-state index in [4.69, 9.17) is 16.6 Å². The van der Waals surface area contributed by atoms with Crippen LogP contribution < -0.4 is 11.5 Å². The molecule has 15 heavy (non-hydrogen) atoms. The Kier molecular flexibility index (Phi) is 3.65. The van der Waals surface area contributed by atoms with Crippen LogP contribution in [-0.4, -0.2) is 22.2 Å². The molecule has 0 saturated carbocycles. The molecule has 0 radical (unpaired) electrons. The summed E-state index contributed by atoms with van der Waals surface area (Å²) in [6.07, 6.45) is 0.225. The number of hydrogen-bond acceptors (Lipinski definition) is 4. The van der Waals surface area contributed by atoms with Crippen molar-refractivity contribution in [2.75, 3.05) is 0 Å². The fourth-order valence-corrected chi connectivity index (χ4v) is 1.27. The Morgan fingerprint density at radius 2 is 2.13 bits per heavy atom. The van der Waals surface area contributed by atoms with E-state index in [0.717, 1.165) is 5.56 Å². The van der Waals surface area contributed by atoms with E-state index in [-0.39, 0.29) is 18.7 Å². The van der Waals surface area contributed by atoms with Gasteiger partial charge in [-0.05, 0) is 18.1 Å². The molecule has 0 aliphatic carbocycles. The lowest BCUT2D eigenvalue weighted by Crippen LogP contribution is -2.32. The molecule has 0 heterocycles. The summed E-state index contributed by atoms with van der Waals surface area (Å²) in [5, 5.41) is 18.0. The zero-order valence-corrected chi connectivity index (χ0v) is 8.18. The SMILES string of the molecule is NCc1cc(CC(N)C(=O)O)ccc1O. The van der Waals surface area contributed by atoms with Crippen LogP contribution in [0.4, 0.5) is 0 Å². The molecule has 0 fully saturated rings. The van der Waals surface area contributed by atoms with Crippen LogP contribution in [0.1, 0.15) is 11.1 Å². The monoisotopic (exact) mass is 210 g/mol. The van der Waals surface area contributed by atoms with Crippen LogP contribution in [0.3, 0.4) is 0 Å². The van der Waals surface area contributed by atoms with Crippen molar-refractivity contribution in [3.05, 3.63) is 29.3 Å². The fraction of sp³-hybridized carbons (Fsp3) is 0.300. The third-order valence-electron chi connectivity index (χ3n) is 2.14. The maximum absolute atomic E-state index is 10.5. The van der Waals surface area contributed by atoms with Gasteiger partial charge in [-0.15, -0.1) is 0 Å². The second-order valence-electron chi connectivity index (χ2n) is 3.32. The van der Waals surface area contributed by atoms with E-state index in [1.54, 1.807) is 12.1 Å². The molecule has 1 aromatic carbocycles. The molecule has 6 N–H and O–H groups in total. The van der Waals surface area contributed by atoms with Crippen LogP contribution in [-0.2, 0) is 17.8 Å². The van der Waals surface area contributed by atoms with Crippen LogP contribution in [0.25, 0.3) is 0 Å². The maximum Gasteiger partial charge on any atom is 0.320 e. The number of carboxylic acid groups (broad SMARTS) is 1. The molecule has 0 spiro atoms. The molecular weight excluding hydrogens is 196 g/mol. The van der Waals surface area contributed by atoms with E-state index in [9.17, 15) is 9.90 Å². The highest BCUT2D eigenvalue weighted by molar-refractivity contribution is 5.73. The van der Waals surface area contributed by atoms with Crippen molar-refractivity contribution in [2.45, 2.75) is 19.0 Å². The Bertz CT molecular complexity index is 366. The van der Waals surface area contributed by atoms with Gasteiger partial charge in [-0.1, -0.05) is 12.1 Å². The van der Waals surface area contributed by atoms with Gasteiger partial charge in [0.1, 0.15) is 11.8 Å². The van der Waals surface area contributed by atoms with Crippen LogP contribution in [0.5, 0.6) is 5.75 Å². The molecule has 0 aromatic heterocycles. The van der Waals surface area contributed by atoms with Gasteiger partial charge in [-0.2, -0.15) is 0 Å². The van der Waals surface area contributed by atoms with Crippen molar-refractivity contribution in [3.63, 3.8) is 0 Å².